The second kappa shape index (κ2) is 7.64. The van der Waals surface area contributed by atoms with E-state index in [9.17, 15) is 9.59 Å². The van der Waals surface area contributed by atoms with Gasteiger partial charge in [-0.2, -0.15) is 0 Å². The Balaban J connectivity index is 1.73. The molecule has 0 atom stereocenters. The van der Waals surface area contributed by atoms with Crippen LogP contribution in [0.5, 0.6) is 0 Å². The summed E-state index contributed by atoms with van der Waals surface area (Å²) in [7, 11) is 0. The Morgan fingerprint density at radius 3 is 2.68 bits per heavy atom. The first-order chi connectivity index (χ1) is 12.0. The Kier molecular flexibility index (Phi) is 5.31. The van der Waals surface area contributed by atoms with Gasteiger partial charge in [0.25, 0.3) is 5.91 Å². The third kappa shape index (κ3) is 4.16. The van der Waals surface area contributed by atoms with Gasteiger partial charge in [0.2, 0.25) is 0 Å². The maximum absolute atomic E-state index is 12.5. The standard InChI is InChI=1S/C20H24N2O3/c1-13(2)18-11-16(15-9-5-6-10-17(15)22-18)20(24)25-12-19(23)21-14-7-3-4-8-14/h5-6,9-11,13-14H,3-4,7-8,12H2,1-2H3,(H,21,23). The molecule has 1 saturated carbocycles. The number of aromatic nitrogens is 1. The molecule has 0 spiro atoms. The fourth-order valence-corrected chi connectivity index (χ4v) is 3.21. The maximum atomic E-state index is 12.5. The molecule has 1 aliphatic rings. The van der Waals surface area contributed by atoms with Gasteiger partial charge in [0.15, 0.2) is 6.61 Å². The summed E-state index contributed by atoms with van der Waals surface area (Å²) >= 11 is 0. The zero-order valence-electron chi connectivity index (χ0n) is 14.7. The van der Waals surface area contributed by atoms with Gasteiger partial charge in [-0.15, -0.1) is 0 Å². The van der Waals surface area contributed by atoms with Crippen LogP contribution in [0.1, 0.15) is 61.5 Å². The number of fused-ring (bicyclic) bond motifs is 1. The minimum absolute atomic E-state index is 0.196. The van der Waals surface area contributed by atoms with Crippen molar-refractivity contribution in [3.8, 4) is 0 Å². The first kappa shape index (κ1) is 17.4. The van der Waals surface area contributed by atoms with Gasteiger partial charge >= 0.3 is 5.97 Å². The lowest BCUT2D eigenvalue weighted by Gasteiger charge is -2.13. The molecule has 1 amide bonds. The van der Waals surface area contributed by atoms with Crippen molar-refractivity contribution in [1.29, 1.82) is 0 Å². The van der Waals surface area contributed by atoms with Crippen LogP contribution in [0.2, 0.25) is 0 Å². The summed E-state index contributed by atoms with van der Waals surface area (Å²) < 4.78 is 5.26. The third-order valence-electron chi connectivity index (χ3n) is 4.60. The molecule has 0 radical (unpaired) electrons. The molecule has 1 heterocycles. The molecule has 0 bridgehead atoms. The third-order valence-corrected chi connectivity index (χ3v) is 4.60. The number of nitrogens with zero attached hydrogens (tertiary/aromatic N) is 1. The molecule has 0 unspecified atom stereocenters. The number of para-hydroxylation sites is 1. The summed E-state index contributed by atoms with van der Waals surface area (Å²) in [6, 6.07) is 9.48. The fraction of sp³-hybridized carbons (Fsp3) is 0.450. The minimum atomic E-state index is -0.484. The van der Waals surface area contributed by atoms with Gasteiger partial charge in [-0.25, -0.2) is 4.79 Å². The predicted molar refractivity (Wildman–Crippen MR) is 96.5 cm³/mol. The second-order valence-corrected chi connectivity index (χ2v) is 6.89. The van der Waals surface area contributed by atoms with Crippen molar-refractivity contribution in [1.82, 2.24) is 10.3 Å². The molecule has 1 aliphatic carbocycles. The monoisotopic (exact) mass is 340 g/mol. The molecule has 1 aromatic heterocycles. The predicted octanol–water partition coefficient (Wildman–Crippen LogP) is 3.57. The molecule has 1 N–H and O–H groups in total. The van der Waals surface area contributed by atoms with E-state index in [2.05, 4.69) is 10.3 Å². The second-order valence-electron chi connectivity index (χ2n) is 6.89. The molecule has 5 nitrogen and oxygen atoms in total. The summed E-state index contributed by atoms with van der Waals surface area (Å²) in [5, 5.41) is 3.67. The van der Waals surface area contributed by atoms with Crippen molar-refractivity contribution in [2.45, 2.75) is 51.5 Å². The topological polar surface area (TPSA) is 68.3 Å². The van der Waals surface area contributed by atoms with Crippen LogP contribution in [0.4, 0.5) is 0 Å². The number of pyridine rings is 1. The number of hydrogen-bond donors (Lipinski definition) is 1. The Hall–Kier alpha value is -2.43. The highest BCUT2D eigenvalue weighted by Gasteiger charge is 2.20. The van der Waals surface area contributed by atoms with Crippen molar-refractivity contribution >= 4 is 22.8 Å². The van der Waals surface area contributed by atoms with Crippen LogP contribution >= 0.6 is 0 Å². The van der Waals surface area contributed by atoms with Crippen LogP contribution in [0.3, 0.4) is 0 Å². The molecule has 2 aromatic rings. The first-order valence-electron chi connectivity index (χ1n) is 8.91. The van der Waals surface area contributed by atoms with Crippen LogP contribution < -0.4 is 5.32 Å². The summed E-state index contributed by atoms with van der Waals surface area (Å²) in [6.07, 6.45) is 4.30. The van der Waals surface area contributed by atoms with Gasteiger partial charge in [0.05, 0.1) is 11.1 Å². The molecular formula is C20H24N2O3. The molecular weight excluding hydrogens is 316 g/mol. The van der Waals surface area contributed by atoms with E-state index >= 15 is 0 Å². The van der Waals surface area contributed by atoms with Crippen LogP contribution in [0.15, 0.2) is 30.3 Å². The lowest BCUT2D eigenvalue weighted by atomic mass is 10.0. The average molecular weight is 340 g/mol. The Labute approximate surface area is 147 Å². The minimum Gasteiger partial charge on any atom is -0.452 e. The van der Waals surface area contributed by atoms with Gasteiger partial charge in [-0.05, 0) is 30.9 Å². The number of esters is 1. The summed E-state index contributed by atoms with van der Waals surface area (Å²) in [5.74, 6) is -0.522. The highest BCUT2D eigenvalue weighted by atomic mass is 16.5. The SMILES string of the molecule is CC(C)c1cc(C(=O)OCC(=O)NC2CCCC2)c2ccccc2n1. The smallest absolute Gasteiger partial charge is 0.339 e. The van der Waals surface area contributed by atoms with E-state index in [0.717, 1.165) is 42.3 Å². The average Bonchev–Trinajstić information content (AvgIpc) is 3.11. The van der Waals surface area contributed by atoms with Gasteiger partial charge in [0.1, 0.15) is 0 Å². The summed E-state index contributed by atoms with van der Waals surface area (Å²) in [4.78, 5) is 29.1. The molecule has 3 rings (SSSR count). The Morgan fingerprint density at radius 1 is 1.24 bits per heavy atom. The molecule has 5 heteroatoms. The van der Waals surface area contributed by atoms with E-state index in [-0.39, 0.29) is 24.5 Å². The number of amides is 1. The zero-order valence-corrected chi connectivity index (χ0v) is 14.7. The highest BCUT2D eigenvalue weighted by Crippen LogP contribution is 2.23. The van der Waals surface area contributed by atoms with Gasteiger partial charge in [-0.3, -0.25) is 9.78 Å². The van der Waals surface area contributed by atoms with Crippen LogP contribution in [-0.4, -0.2) is 29.5 Å². The van der Waals surface area contributed by atoms with E-state index in [1.54, 1.807) is 6.07 Å². The summed E-state index contributed by atoms with van der Waals surface area (Å²) in [6.45, 7) is 3.81. The Morgan fingerprint density at radius 2 is 1.96 bits per heavy atom. The number of carbonyl (C=O) groups excluding carboxylic acids is 2. The zero-order chi connectivity index (χ0) is 17.8. The lowest BCUT2D eigenvalue weighted by molar-refractivity contribution is -0.124. The van der Waals surface area contributed by atoms with E-state index in [4.69, 9.17) is 4.74 Å². The normalized spacial score (nSPS) is 14.8. The van der Waals surface area contributed by atoms with Crippen molar-refractivity contribution in [2.24, 2.45) is 0 Å². The van der Waals surface area contributed by atoms with Crippen LogP contribution in [0.25, 0.3) is 10.9 Å². The summed E-state index contributed by atoms with van der Waals surface area (Å²) in [5.41, 5.74) is 2.06. The lowest BCUT2D eigenvalue weighted by Crippen LogP contribution is -2.35. The van der Waals surface area contributed by atoms with E-state index in [0.29, 0.717) is 5.56 Å². The highest BCUT2D eigenvalue weighted by molar-refractivity contribution is 6.04. The van der Waals surface area contributed by atoms with Crippen molar-refractivity contribution < 1.29 is 14.3 Å². The largest absolute Gasteiger partial charge is 0.452 e. The van der Waals surface area contributed by atoms with Gasteiger partial charge in [-0.1, -0.05) is 44.9 Å². The number of benzene rings is 1. The number of rotatable bonds is 5. The quantitative estimate of drug-likeness (QED) is 0.845. The van der Waals surface area contributed by atoms with Gasteiger partial charge in [0, 0.05) is 17.1 Å². The molecule has 132 valence electrons. The number of nitrogens with one attached hydrogen (secondary N) is 1. The number of carbonyl (C=O) groups is 2. The van der Waals surface area contributed by atoms with E-state index in [1.807, 2.05) is 38.1 Å². The molecule has 25 heavy (non-hydrogen) atoms. The molecule has 0 saturated heterocycles. The molecule has 0 aliphatic heterocycles. The molecule has 1 fully saturated rings. The van der Waals surface area contributed by atoms with Crippen LogP contribution in [0, 0.1) is 0 Å². The number of hydrogen-bond acceptors (Lipinski definition) is 4. The number of ether oxygens (including phenoxy) is 1. The van der Waals surface area contributed by atoms with Crippen molar-refractivity contribution in [2.75, 3.05) is 6.61 Å². The van der Waals surface area contributed by atoms with E-state index in [1.165, 1.54) is 0 Å². The van der Waals surface area contributed by atoms with Crippen LogP contribution in [-0.2, 0) is 9.53 Å². The van der Waals surface area contributed by atoms with E-state index < -0.39 is 5.97 Å². The van der Waals surface area contributed by atoms with Gasteiger partial charge < -0.3 is 10.1 Å². The van der Waals surface area contributed by atoms with Crippen molar-refractivity contribution in [3.63, 3.8) is 0 Å². The molecule has 1 aromatic carbocycles. The van der Waals surface area contributed by atoms with Crippen molar-refractivity contribution in [3.05, 3.63) is 41.6 Å². The Bertz CT molecular complexity index is 780. The fourth-order valence-electron chi connectivity index (χ4n) is 3.21. The maximum Gasteiger partial charge on any atom is 0.339 e. The first-order valence-corrected chi connectivity index (χ1v) is 8.91.